The van der Waals surface area contributed by atoms with E-state index in [1.54, 1.807) is 6.92 Å². The maximum atomic E-state index is 12.8. The van der Waals surface area contributed by atoms with Crippen molar-refractivity contribution in [1.29, 1.82) is 0 Å². The second-order valence-corrected chi connectivity index (χ2v) is 4.38. The van der Waals surface area contributed by atoms with Gasteiger partial charge in [-0.25, -0.2) is 0 Å². The molecular formula is C13H13F3O3. The van der Waals surface area contributed by atoms with Crippen LogP contribution >= 0.6 is 0 Å². The molecule has 0 aliphatic heterocycles. The predicted octanol–water partition coefficient (Wildman–Crippen LogP) is 2.71. The molecule has 104 valence electrons. The Labute approximate surface area is 108 Å². The van der Waals surface area contributed by atoms with E-state index in [1.807, 2.05) is 0 Å². The Morgan fingerprint density at radius 1 is 1.42 bits per heavy atom. The van der Waals surface area contributed by atoms with Crippen LogP contribution in [0.3, 0.4) is 0 Å². The van der Waals surface area contributed by atoms with E-state index in [0.717, 1.165) is 12.1 Å². The van der Waals surface area contributed by atoms with E-state index >= 15 is 0 Å². The summed E-state index contributed by atoms with van der Waals surface area (Å²) >= 11 is 0. The molecule has 0 amide bonds. The SMILES string of the molecule is CC(C=O)Cc1ccc(CC(=O)O)c(C(F)(F)F)c1. The van der Waals surface area contributed by atoms with Crippen LogP contribution in [0.25, 0.3) is 0 Å². The van der Waals surface area contributed by atoms with E-state index in [-0.39, 0.29) is 17.9 Å². The Morgan fingerprint density at radius 2 is 2.05 bits per heavy atom. The van der Waals surface area contributed by atoms with Crippen molar-refractivity contribution in [3.63, 3.8) is 0 Å². The van der Waals surface area contributed by atoms with Gasteiger partial charge in [-0.15, -0.1) is 0 Å². The van der Waals surface area contributed by atoms with Crippen molar-refractivity contribution in [2.24, 2.45) is 5.92 Å². The minimum atomic E-state index is -4.61. The zero-order valence-corrected chi connectivity index (χ0v) is 10.2. The van der Waals surface area contributed by atoms with Crippen molar-refractivity contribution < 1.29 is 27.9 Å². The van der Waals surface area contributed by atoms with E-state index in [1.165, 1.54) is 6.07 Å². The van der Waals surface area contributed by atoms with Gasteiger partial charge < -0.3 is 9.90 Å². The van der Waals surface area contributed by atoms with Crippen molar-refractivity contribution in [3.05, 3.63) is 34.9 Å². The first-order valence-electron chi connectivity index (χ1n) is 5.60. The summed E-state index contributed by atoms with van der Waals surface area (Å²) in [7, 11) is 0. The first kappa shape index (κ1) is 15.2. The molecule has 6 heteroatoms. The lowest BCUT2D eigenvalue weighted by Crippen LogP contribution is -2.13. The maximum Gasteiger partial charge on any atom is 0.416 e. The van der Waals surface area contributed by atoms with Crippen LogP contribution in [-0.2, 0) is 28.6 Å². The molecule has 0 radical (unpaired) electrons. The number of carbonyl (C=O) groups is 2. The summed E-state index contributed by atoms with van der Waals surface area (Å²) in [6, 6.07) is 3.50. The van der Waals surface area contributed by atoms with Gasteiger partial charge in [0.15, 0.2) is 0 Å². The molecular weight excluding hydrogens is 261 g/mol. The fourth-order valence-electron chi connectivity index (χ4n) is 1.75. The number of hydrogen-bond acceptors (Lipinski definition) is 2. The fraction of sp³-hybridized carbons (Fsp3) is 0.385. The van der Waals surface area contributed by atoms with Gasteiger partial charge in [0.05, 0.1) is 12.0 Å². The second kappa shape index (κ2) is 5.86. The summed E-state index contributed by atoms with van der Waals surface area (Å²) < 4.78 is 38.5. The number of aliphatic carboxylic acids is 1. The van der Waals surface area contributed by atoms with Crippen LogP contribution < -0.4 is 0 Å². The highest BCUT2D eigenvalue weighted by molar-refractivity contribution is 5.71. The standard InChI is InChI=1S/C13H13F3O3/c1-8(7-17)4-9-2-3-10(6-12(18)19)11(5-9)13(14,15)16/h2-3,5,7-8H,4,6H2,1H3,(H,18,19). The van der Waals surface area contributed by atoms with Gasteiger partial charge in [0.1, 0.15) is 6.29 Å². The molecule has 0 spiro atoms. The minimum absolute atomic E-state index is 0.194. The lowest BCUT2D eigenvalue weighted by atomic mass is 9.96. The van der Waals surface area contributed by atoms with Crippen LogP contribution in [0.2, 0.25) is 0 Å². The van der Waals surface area contributed by atoms with E-state index in [0.29, 0.717) is 11.8 Å². The molecule has 0 saturated heterocycles. The van der Waals surface area contributed by atoms with E-state index in [2.05, 4.69) is 0 Å². The molecule has 0 heterocycles. The molecule has 0 aromatic heterocycles. The third kappa shape index (κ3) is 4.39. The lowest BCUT2D eigenvalue weighted by molar-refractivity contribution is -0.139. The Balaban J connectivity index is 3.15. The van der Waals surface area contributed by atoms with Gasteiger partial charge in [0.2, 0.25) is 0 Å². The number of hydrogen-bond donors (Lipinski definition) is 1. The highest BCUT2D eigenvalue weighted by Crippen LogP contribution is 2.33. The van der Waals surface area contributed by atoms with E-state index in [9.17, 15) is 22.8 Å². The van der Waals surface area contributed by atoms with Gasteiger partial charge in [0, 0.05) is 5.92 Å². The van der Waals surface area contributed by atoms with E-state index < -0.39 is 24.1 Å². The maximum absolute atomic E-state index is 12.8. The molecule has 1 aromatic rings. The molecule has 0 fully saturated rings. The van der Waals surface area contributed by atoms with Crippen LogP contribution in [0.5, 0.6) is 0 Å². The summed E-state index contributed by atoms with van der Waals surface area (Å²) in [5.41, 5.74) is -0.867. The number of carboxylic acids is 1. The van der Waals surface area contributed by atoms with Crippen molar-refractivity contribution in [3.8, 4) is 0 Å². The average molecular weight is 274 g/mol. The van der Waals surface area contributed by atoms with Gasteiger partial charge in [0.25, 0.3) is 0 Å². The molecule has 1 unspecified atom stereocenters. The van der Waals surface area contributed by atoms with Crippen molar-refractivity contribution in [1.82, 2.24) is 0 Å². The van der Waals surface area contributed by atoms with Crippen molar-refractivity contribution in [2.75, 3.05) is 0 Å². The Morgan fingerprint density at radius 3 is 2.53 bits per heavy atom. The van der Waals surface area contributed by atoms with Gasteiger partial charge in [-0.1, -0.05) is 19.1 Å². The largest absolute Gasteiger partial charge is 0.481 e. The molecule has 0 saturated carbocycles. The van der Waals surface area contributed by atoms with Gasteiger partial charge in [-0.2, -0.15) is 13.2 Å². The van der Waals surface area contributed by atoms with E-state index in [4.69, 9.17) is 5.11 Å². The third-order valence-electron chi connectivity index (χ3n) is 2.61. The van der Waals surface area contributed by atoms with Gasteiger partial charge in [-0.05, 0) is 23.6 Å². The van der Waals surface area contributed by atoms with Crippen LogP contribution in [0.4, 0.5) is 13.2 Å². The molecule has 1 atom stereocenters. The highest BCUT2D eigenvalue weighted by atomic mass is 19.4. The number of benzene rings is 1. The van der Waals surface area contributed by atoms with Crippen molar-refractivity contribution in [2.45, 2.75) is 25.9 Å². The summed E-state index contributed by atoms with van der Waals surface area (Å²) in [6.07, 6.45) is -4.43. The monoisotopic (exact) mass is 274 g/mol. The summed E-state index contributed by atoms with van der Waals surface area (Å²) in [6.45, 7) is 1.60. The number of rotatable bonds is 5. The molecule has 1 N–H and O–H groups in total. The van der Waals surface area contributed by atoms with Crippen LogP contribution in [0, 0.1) is 5.92 Å². The molecule has 1 rings (SSSR count). The lowest BCUT2D eigenvalue weighted by Gasteiger charge is -2.14. The Kier molecular flexibility index (Phi) is 4.69. The zero-order valence-electron chi connectivity index (χ0n) is 10.2. The highest BCUT2D eigenvalue weighted by Gasteiger charge is 2.34. The van der Waals surface area contributed by atoms with Crippen LogP contribution in [0.1, 0.15) is 23.6 Å². The fourth-order valence-corrected chi connectivity index (χ4v) is 1.75. The van der Waals surface area contributed by atoms with Gasteiger partial charge in [-0.3, -0.25) is 4.79 Å². The average Bonchev–Trinajstić information content (AvgIpc) is 2.28. The molecule has 3 nitrogen and oxygen atoms in total. The third-order valence-corrected chi connectivity index (χ3v) is 2.61. The first-order chi connectivity index (χ1) is 8.74. The van der Waals surface area contributed by atoms with Crippen LogP contribution in [0.15, 0.2) is 18.2 Å². The minimum Gasteiger partial charge on any atom is -0.481 e. The number of alkyl halides is 3. The summed E-state index contributed by atoms with van der Waals surface area (Å²) in [5, 5.41) is 8.60. The number of carboxylic acid groups (broad SMARTS) is 1. The molecule has 0 aliphatic rings. The topological polar surface area (TPSA) is 54.4 Å². The molecule has 19 heavy (non-hydrogen) atoms. The quantitative estimate of drug-likeness (QED) is 0.840. The normalized spacial score (nSPS) is 13.1. The van der Waals surface area contributed by atoms with Crippen molar-refractivity contribution >= 4 is 12.3 Å². The summed E-state index contributed by atoms with van der Waals surface area (Å²) in [4.78, 5) is 21.0. The second-order valence-electron chi connectivity index (χ2n) is 4.38. The number of halogens is 3. The van der Waals surface area contributed by atoms with Crippen LogP contribution in [-0.4, -0.2) is 17.4 Å². The Bertz CT molecular complexity index is 481. The zero-order chi connectivity index (χ0) is 14.6. The number of carbonyl (C=O) groups excluding carboxylic acids is 1. The summed E-state index contributed by atoms with van der Waals surface area (Å²) in [5.74, 6) is -1.70. The molecule has 0 aliphatic carbocycles. The smallest absolute Gasteiger partial charge is 0.416 e. The Hall–Kier alpha value is -1.85. The van der Waals surface area contributed by atoms with Gasteiger partial charge >= 0.3 is 12.1 Å². The molecule has 1 aromatic carbocycles. The first-order valence-corrected chi connectivity index (χ1v) is 5.60. The molecule has 0 bridgehead atoms. The predicted molar refractivity (Wildman–Crippen MR) is 61.7 cm³/mol. The number of aldehydes is 1.